The molecule has 5 heteroatoms. The molecular formula is C13H17NO4. The second-order valence-corrected chi connectivity index (χ2v) is 4.11. The van der Waals surface area contributed by atoms with Crippen molar-refractivity contribution in [3.8, 4) is 5.75 Å². The number of ether oxygens (including phenoxy) is 1. The number of aryl methyl sites for hydroxylation is 1. The fourth-order valence-corrected chi connectivity index (χ4v) is 1.59. The summed E-state index contributed by atoms with van der Waals surface area (Å²) in [5.74, 6) is -1.91. The lowest BCUT2D eigenvalue weighted by molar-refractivity contribution is -0.145. The molecule has 0 aliphatic carbocycles. The molecule has 1 atom stereocenters. The smallest absolute Gasteiger partial charge is 0.315 e. The van der Waals surface area contributed by atoms with Crippen LogP contribution in [0.25, 0.3) is 0 Å². The molecule has 1 amide bonds. The molecule has 5 nitrogen and oxygen atoms in total. The van der Waals surface area contributed by atoms with Gasteiger partial charge >= 0.3 is 5.97 Å². The maximum atomic E-state index is 11.9. The molecule has 0 spiro atoms. The third-order valence-corrected chi connectivity index (χ3v) is 2.84. The first-order chi connectivity index (χ1) is 8.38. The summed E-state index contributed by atoms with van der Waals surface area (Å²) in [4.78, 5) is 24.0. The first kappa shape index (κ1) is 14.0. The number of anilines is 1. The van der Waals surface area contributed by atoms with Crippen molar-refractivity contribution in [2.75, 3.05) is 19.1 Å². The SMILES string of the molecule is COc1ccc(N(C)C(=O)C(C)C(=O)O)cc1C. The van der Waals surface area contributed by atoms with Crippen LogP contribution in [0.4, 0.5) is 5.69 Å². The number of carbonyl (C=O) groups excluding carboxylic acids is 1. The van der Waals surface area contributed by atoms with Crippen molar-refractivity contribution in [3.63, 3.8) is 0 Å². The topological polar surface area (TPSA) is 66.8 Å². The summed E-state index contributed by atoms with van der Waals surface area (Å²) in [6, 6.07) is 5.25. The predicted octanol–water partition coefficient (Wildman–Crippen LogP) is 1.69. The van der Waals surface area contributed by atoms with Crippen LogP contribution in [0.5, 0.6) is 5.75 Å². The molecule has 1 aromatic carbocycles. The summed E-state index contributed by atoms with van der Waals surface area (Å²) in [7, 11) is 3.13. The number of carboxylic acid groups (broad SMARTS) is 1. The molecule has 0 saturated carbocycles. The molecule has 1 rings (SSSR count). The molecule has 0 aliphatic heterocycles. The number of carboxylic acids is 1. The molecule has 0 aliphatic rings. The van der Waals surface area contributed by atoms with E-state index in [-0.39, 0.29) is 0 Å². The zero-order valence-corrected chi connectivity index (χ0v) is 10.9. The van der Waals surface area contributed by atoms with Crippen LogP contribution in [0.15, 0.2) is 18.2 Å². The molecular weight excluding hydrogens is 234 g/mol. The van der Waals surface area contributed by atoms with Crippen LogP contribution < -0.4 is 9.64 Å². The Labute approximate surface area is 106 Å². The highest BCUT2D eigenvalue weighted by Gasteiger charge is 2.24. The maximum absolute atomic E-state index is 11.9. The van der Waals surface area contributed by atoms with Crippen LogP contribution in [0.3, 0.4) is 0 Å². The summed E-state index contributed by atoms with van der Waals surface area (Å²) in [5.41, 5.74) is 1.53. The Hall–Kier alpha value is -2.04. The number of carbonyl (C=O) groups is 2. The van der Waals surface area contributed by atoms with E-state index in [9.17, 15) is 9.59 Å². The van der Waals surface area contributed by atoms with Gasteiger partial charge in [0.1, 0.15) is 11.7 Å². The van der Waals surface area contributed by atoms with Gasteiger partial charge in [-0.1, -0.05) is 0 Å². The van der Waals surface area contributed by atoms with E-state index in [1.54, 1.807) is 32.4 Å². The van der Waals surface area contributed by atoms with Crippen molar-refractivity contribution in [2.45, 2.75) is 13.8 Å². The lowest BCUT2D eigenvalue weighted by Gasteiger charge is -2.20. The Morgan fingerprint density at radius 2 is 2.00 bits per heavy atom. The molecule has 1 aromatic rings. The van der Waals surface area contributed by atoms with Crippen LogP contribution in [0.2, 0.25) is 0 Å². The zero-order chi connectivity index (χ0) is 13.9. The molecule has 98 valence electrons. The number of nitrogens with zero attached hydrogens (tertiary/aromatic N) is 1. The molecule has 0 bridgehead atoms. The van der Waals surface area contributed by atoms with Gasteiger partial charge in [-0.3, -0.25) is 9.59 Å². The number of rotatable bonds is 4. The average Bonchev–Trinajstić information content (AvgIpc) is 2.35. The fourth-order valence-electron chi connectivity index (χ4n) is 1.59. The number of aliphatic carboxylic acids is 1. The minimum absolute atomic E-state index is 0.452. The van der Waals surface area contributed by atoms with Gasteiger partial charge in [-0.25, -0.2) is 0 Å². The molecule has 1 unspecified atom stereocenters. The lowest BCUT2D eigenvalue weighted by Crippen LogP contribution is -2.35. The molecule has 0 heterocycles. The van der Waals surface area contributed by atoms with Crippen LogP contribution in [0.1, 0.15) is 12.5 Å². The Balaban J connectivity index is 2.97. The summed E-state index contributed by atoms with van der Waals surface area (Å²) >= 11 is 0. The third-order valence-electron chi connectivity index (χ3n) is 2.84. The number of methoxy groups -OCH3 is 1. The Morgan fingerprint density at radius 1 is 1.39 bits per heavy atom. The van der Waals surface area contributed by atoms with Crippen molar-refractivity contribution < 1.29 is 19.4 Å². The summed E-state index contributed by atoms with van der Waals surface area (Å²) in [6.07, 6.45) is 0. The quantitative estimate of drug-likeness (QED) is 0.827. The summed E-state index contributed by atoms with van der Waals surface area (Å²) in [5, 5.41) is 8.82. The summed E-state index contributed by atoms with van der Waals surface area (Å²) in [6.45, 7) is 3.23. The monoisotopic (exact) mass is 251 g/mol. The Bertz CT molecular complexity index is 470. The van der Waals surface area contributed by atoms with Gasteiger partial charge in [-0.2, -0.15) is 0 Å². The number of hydrogen-bond acceptors (Lipinski definition) is 3. The molecule has 0 radical (unpaired) electrons. The van der Waals surface area contributed by atoms with Gasteiger partial charge in [0.15, 0.2) is 0 Å². The van der Waals surface area contributed by atoms with Gasteiger partial charge in [-0.15, -0.1) is 0 Å². The van der Waals surface area contributed by atoms with Gasteiger partial charge in [0, 0.05) is 12.7 Å². The van der Waals surface area contributed by atoms with Crippen molar-refractivity contribution in [1.82, 2.24) is 0 Å². The van der Waals surface area contributed by atoms with E-state index >= 15 is 0 Å². The maximum Gasteiger partial charge on any atom is 0.315 e. The van der Waals surface area contributed by atoms with Gasteiger partial charge in [0.25, 0.3) is 0 Å². The minimum atomic E-state index is -1.13. The first-order valence-electron chi connectivity index (χ1n) is 5.53. The van der Waals surface area contributed by atoms with Crippen molar-refractivity contribution in [1.29, 1.82) is 0 Å². The second kappa shape index (κ2) is 5.53. The van der Waals surface area contributed by atoms with Crippen LogP contribution >= 0.6 is 0 Å². The van der Waals surface area contributed by atoms with E-state index < -0.39 is 17.8 Å². The average molecular weight is 251 g/mol. The van der Waals surface area contributed by atoms with Gasteiger partial charge < -0.3 is 14.7 Å². The van der Waals surface area contributed by atoms with Crippen LogP contribution in [-0.2, 0) is 9.59 Å². The predicted molar refractivity (Wildman–Crippen MR) is 67.9 cm³/mol. The van der Waals surface area contributed by atoms with E-state index in [4.69, 9.17) is 9.84 Å². The van der Waals surface area contributed by atoms with Crippen molar-refractivity contribution in [3.05, 3.63) is 23.8 Å². The van der Waals surface area contributed by atoms with E-state index in [1.165, 1.54) is 11.8 Å². The highest BCUT2D eigenvalue weighted by atomic mass is 16.5. The highest BCUT2D eigenvalue weighted by Crippen LogP contribution is 2.24. The minimum Gasteiger partial charge on any atom is -0.496 e. The second-order valence-electron chi connectivity index (χ2n) is 4.11. The van der Waals surface area contributed by atoms with E-state index in [0.29, 0.717) is 5.69 Å². The largest absolute Gasteiger partial charge is 0.496 e. The molecule has 0 saturated heterocycles. The molecule has 1 N–H and O–H groups in total. The Morgan fingerprint density at radius 3 is 2.44 bits per heavy atom. The normalized spacial score (nSPS) is 11.8. The van der Waals surface area contributed by atoms with Crippen molar-refractivity contribution >= 4 is 17.6 Å². The first-order valence-corrected chi connectivity index (χ1v) is 5.53. The Kier molecular flexibility index (Phi) is 4.31. The molecule has 0 aromatic heterocycles. The zero-order valence-electron chi connectivity index (χ0n) is 10.9. The summed E-state index contributed by atoms with van der Waals surface area (Å²) < 4.78 is 5.13. The van der Waals surface area contributed by atoms with Gasteiger partial charge in [0.2, 0.25) is 5.91 Å². The molecule has 0 fully saturated rings. The van der Waals surface area contributed by atoms with E-state index in [1.807, 2.05) is 6.92 Å². The highest BCUT2D eigenvalue weighted by molar-refractivity contribution is 6.05. The number of amides is 1. The van der Waals surface area contributed by atoms with E-state index in [2.05, 4.69) is 0 Å². The number of benzene rings is 1. The van der Waals surface area contributed by atoms with Crippen LogP contribution in [-0.4, -0.2) is 31.1 Å². The third kappa shape index (κ3) is 2.80. The van der Waals surface area contributed by atoms with Crippen LogP contribution in [0, 0.1) is 12.8 Å². The number of hydrogen-bond donors (Lipinski definition) is 1. The molecule has 18 heavy (non-hydrogen) atoms. The van der Waals surface area contributed by atoms with Gasteiger partial charge in [-0.05, 0) is 37.6 Å². The van der Waals surface area contributed by atoms with Crippen molar-refractivity contribution in [2.24, 2.45) is 5.92 Å². The standard InChI is InChI=1S/C13H17NO4/c1-8-7-10(5-6-11(8)18-4)14(3)12(15)9(2)13(16)17/h5-7,9H,1-4H3,(H,16,17). The lowest BCUT2D eigenvalue weighted by atomic mass is 10.1. The van der Waals surface area contributed by atoms with Gasteiger partial charge in [0.05, 0.1) is 7.11 Å². The fraction of sp³-hybridized carbons (Fsp3) is 0.385. The van der Waals surface area contributed by atoms with E-state index in [0.717, 1.165) is 11.3 Å².